The molecule has 0 aliphatic rings. The Bertz CT molecular complexity index is 742. The minimum atomic E-state index is -0.931. The highest BCUT2D eigenvalue weighted by Gasteiger charge is 2.21. The van der Waals surface area contributed by atoms with Gasteiger partial charge in [-0.3, -0.25) is 30.3 Å². The van der Waals surface area contributed by atoms with Gasteiger partial charge in [0.1, 0.15) is 5.75 Å². The molecule has 0 heterocycles. The number of benzene rings is 2. The Hall–Kier alpha value is -3.82. The second-order valence-electron chi connectivity index (χ2n) is 4.46. The summed E-state index contributed by atoms with van der Waals surface area (Å²) in [6, 6.07) is 9.75. The average Bonchev–Trinajstić information content (AvgIpc) is 2.61. The van der Waals surface area contributed by atoms with Crippen LogP contribution in [-0.4, -0.2) is 21.9 Å². The molecule has 0 radical (unpaired) electrons. The van der Waals surface area contributed by atoms with Gasteiger partial charge in [0.15, 0.2) is 0 Å². The maximum Gasteiger partial charge on any atom is 0.283 e. The molecule has 0 amide bonds. The molecule has 2 rings (SSSR count). The van der Waals surface area contributed by atoms with E-state index in [9.17, 15) is 30.3 Å². The lowest BCUT2D eigenvalue weighted by atomic mass is 10.2. The molecule has 2 aromatic rings. The van der Waals surface area contributed by atoms with Crippen molar-refractivity contribution >= 4 is 23.1 Å². The zero-order chi connectivity index (χ0) is 19.0. The lowest BCUT2D eigenvalue weighted by molar-refractivity contribution is -0.403. The summed E-state index contributed by atoms with van der Waals surface area (Å²) >= 11 is 0. The molecular weight excluding hydrogens is 334 g/mol. The van der Waals surface area contributed by atoms with E-state index in [1.807, 2.05) is 24.3 Å². The van der Waals surface area contributed by atoms with E-state index >= 15 is 0 Å². The van der Waals surface area contributed by atoms with Crippen LogP contribution in [0.15, 0.2) is 49.0 Å². The fraction of sp³-hybridized carbons (Fsp3) is 0.0667. The maximum atomic E-state index is 10.3. The lowest BCUT2D eigenvalue weighted by Crippen LogP contribution is -1.96. The van der Waals surface area contributed by atoms with E-state index in [1.165, 1.54) is 0 Å². The van der Waals surface area contributed by atoms with Gasteiger partial charge in [-0.15, -0.1) is 0 Å². The zero-order valence-electron chi connectivity index (χ0n) is 13.0. The number of nitrogens with zero attached hydrogens (tertiary/aromatic N) is 3. The number of methoxy groups -OCH3 is 1. The number of nitro benzene ring substituents is 3. The molecule has 0 aromatic heterocycles. The van der Waals surface area contributed by atoms with Gasteiger partial charge in [-0.2, -0.15) is 0 Å². The van der Waals surface area contributed by atoms with Crippen molar-refractivity contribution in [1.82, 2.24) is 0 Å². The van der Waals surface area contributed by atoms with Crippen molar-refractivity contribution in [2.45, 2.75) is 0 Å². The van der Waals surface area contributed by atoms with Crippen LogP contribution in [0.25, 0.3) is 6.08 Å². The Labute approximate surface area is 141 Å². The van der Waals surface area contributed by atoms with Gasteiger partial charge in [-0.1, -0.05) is 24.8 Å². The molecule has 0 spiro atoms. The molecule has 0 unspecified atom stereocenters. The van der Waals surface area contributed by atoms with Crippen LogP contribution in [-0.2, 0) is 0 Å². The van der Waals surface area contributed by atoms with Gasteiger partial charge in [-0.25, -0.2) is 0 Å². The van der Waals surface area contributed by atoms with Crippen LogP contribution in [0.5, 0.6) is 5.75 Å². The van der Waals surface area contributed by atoms with Crippen molar-refractivity contribution in [1.29, 1.82) is 0 Å². The highest BCUT2D eigenvalue weighted by Crippen LogP contribution is 2.26. The van der Waals surface area contributed by atoms with Crippen molar-refractivity contribution in [2.75, 3.05) is 7.11 Å². The Morgan fingerprint density at radius 1 is 0.880 bits per heavy atom. The maximum absolute atomic E-state index is 10.3. The molecule has 0 saturated carbocycles. The summed E-state index contributed by atoms with van der Waals surface area (Å²) in [6.45, 7) is 3.65. The molecule has 0 fully saturated rings. The van der Waals surface area contributed by atoms with Crippen LogP contribution in [0.4, 0.5) is 17.1 Å². The largest absolute Gasteiger partial charge is 0.497 e. The van der Waals surface area contributed by atoms with Gasteiger partial charge in [0, 0.05) is 0 Å². The number of nitro groups is 3. The smallest absolute Gasteiger partial charge is 0.283 e. The highest BCUT2D eigenvalue weighted by molar-refractivity contribution is 5.52. The van der Waals surface area contributed by atoms with E-state index in [1.54, 1.807) is 13.2 Å². The van der Waals surface area contributed by atoms with Gasteiger partial charge in [0.2, 0.25) is 0 Å². The molecule has 0 saturated heterocycles. The monoisotopic (exact) mass is 347 g/mol. The number of rotatable bonds is 5. The van der Waals surface area contributed by atoms with E-state index in [0.29, 0.717) is 18.2 Å². The summed E-state index contributed by atoms with van der Waals surface area (Å²) in [5.74, 6) is 0.873. The molecular formula is C15H13N3O7. The zero-order valence-corrected chi connectivity index (χ0v) is 13.0. The molecule has 0 atom stereocenters. The topological polar surface area (TPSA) is 139 Å². The van der Waals surface area contributed by atoms with Crippen molar-refractivity contribution in [3.05, 3.63) is 84.9 Å². The molecule has 0 bridgehead atoms. The minimum Gasteiger partial charge on any atom is -0.497 e. The van der Waals surface area contributed by atoms with Gasteiger partial charge >= 0.3 is 0 Å². The number of non-ortho nitro benzene ring substituents is 3. The van der Waals surface area contributed by atoms with Gasteiger partial charge in [0.05, 0.1) is 40.1 Å². The highest BCUT2D eigenvalue weighted by atomic mass is 16.6. The first kappa shape index (κ1) is 19.2. The quantitative estimate of drug-likeness (QED) is 0.592. The van der Waals surface area contributed by atoms with Crippen molar-refractivity contribution in [3.63, 3.8) is 0 Å². The number of ether oxygens (including phenoxy) is 1. The fourth-order valence-electron chi connectivity index (χ4n) is 1.66. The Balaban J connectivity index is 0.000000271. The Morgan fingerprint density at radius 3 is 1.64 bits per heavy atom. The first-order valence-corrected chi connectivity index (χ1v) is 6.63. The predicted molar refractivity (Wildman–Crippen MR) is 89.5 cm³/mol. The first-order valence-electron chi connectivity index (χ1n) is 6.63. The first-order chi connectivity index (χ1) is 11.8. The fourth-order valence-corrected chi connectivity index (χ4v) is 1.66. The molecule has 10 nitrogen and oxygen atoms in total. The lowest BCUT2D eigenvalue weighted by Gasteiger charge is -1.98. The van der Waals surface area contributed by atoms with Crippen molar-refractivity contribution < 1.29 is 19.5 Å². The molecule has 0 aliphatic carbocycles. The molecule has 2 aromatic carbocycles. The summed E-state index contributed by atoms with van der Waals surface area (Å²) in [5, 5.41) is 30.9. The summed E-state index contributed by atoms with van der Waals surface area (Å²) < 4.78 is 5.01. The Morgan fingerprint density at radius 2 is 1.32 bits per heavy atom. The standard InChI is InChI=1S/C9H10O.C6H3N3O6/c1-3-8-5-4-6-9(7-8)10-2;10-7(11)4-1-5(8(12)13)3-6(2-4)9(14)15/h3-7H,1H2,2H3;1-3H. The Kier molecular flexibility index (Phi) is 6.71. The third-order valence-corrected chi connectivity index (χ3v) is 2.85. The van der Waals surface area contributed by atoms with E-state index in [2.05, 4.69) is 6.58 Å². The van der Waals surface area contributed by atoms with E-state index in [-0.39, 0.29) is 0 Å². The number of hydrogen-bond acceptors (Lipinski definition) is 7. The van der Waals surface area contributed by atoms with Crippen LogP contribution in [0.1, 0.15) is 5.56 Å². The van der Waals surface area contributed by atoms with Gasteiger partial charge < -0.3 is 4.74 Å². The van der Waals surface area contributed by atoms with Crippen LogP contribution in [0.2, 0.25) is 0 Å². The molecule has 0 aliphatic heterocycles. The predicted octanol–water partition coefficient (Wildman–Crippen LogP) is 3.75. The summed E-state index contributed by atoms with van der Waals surface area (Å²) in [7, 11) is 1.65. The molecule has 130 valence electrons. The van der Waals surface area contributed by atoms with Gasteiger partial charge in [-0.05, 0) is 17.7 Å². The van der Waals surface area contributed by atoms with E-state index in [0.717, 1.165) is 11.3 Å². The second-order valence-corrected chi connectivity index (χ2v) is 4.46. The van der Waals surface area contributed by atoms with Crippen LogP contribution >= 0.6 is 0 Å². The summed E-state index contributed by atoms with van der Waals surface area (Å²) in [4.78, 5) is 28.1. The summed E-state index contributed by atoms with van der Waals surface area (Å²) in [6.07, 6.45) is 1.79. The van der Waals surface area contributed by atoms with Crippen LogP contribution in [0, 0.1) is 30.3 Å². The minimum absolute atomic E-state index is 0.660. The molecule has 0 N–H and O–H groups in total. The van der Waals surface area contributed by atoms with E-state index in [4.69, 9.17) is 4.74 Å². The average molecular weight is 347 g/mol. The van der Waals surface area contributed by atoms with Crippen molar-refractivity contribution in [3.8, 4) is 5.75 Å². The van der Waals surface area contributed by atoms with Crippen LogP contribution in [0.3, 0.4) is 0 Å². The SMILES string of the molecule is C=Cc1cccc(OC)c1.O=[N+]([O-])c1cc([N+](=O)[O-])cc([N+](=O)[O-])c1. The second kappa shape index (κ2) is 8.72. The number of hydrogen-bond donors (Lipinski definition) is 0. The van der Waals surface area contributed by atoms with Crippen molar-refractivity contribution in [2.24, 2.45) is 0 Å². The molecule has 25 heavy (non-hydrogen) atoms. The molecule has 10 heteroatoms. The third kappa shape index (κ3) is 5.71. The third-order valence-electron chi connectivity index (χ3n) is 2.85. The normalized spacial score (nSPS) is 9.32. The van der Waals surface area contributed by atoms with E-state index < -0.39 is 31.8 Å². The van der Waals surface area contributed by atoms with Crippen LogP contribution < -0.4 is 4.74 Å². The summed E-state index contributed by atoms with van der Waals surface area (Å²) in [5.41, 5.74) is -0.970. The van der Waals surface area contributed by atoms with Gasteiger partial charge in [0.25, 0.3) is 17.1 Å².